The zero-order valence-corrected chi connectivity index (χ0v) is 6.75. The van der Waals surface area contributed by atoms with Gasteiger partial charge in [-0.25, -0.2) is 4.58 Å². The summed E-state index contributed by atoms with van der Waals surface area (Å²) in [5, 5.41) is 2.74. The fraction of sp³-hybridized carbons (Fsp3) is 0.300. The summed E-state index contributed by atoms with van der Waals surface area (Å²) in [7, 11) is 2.14. The summed E-state index contributed by atoms with van der Waals surface area (Å²) in [4.78, 5) is 0. The van der Waals surface area contributed by atoms with E-state index in [-0.39, 0.29) is 0 Å². The van der Waals surface area contributed by atoms with Crippen LogP contribution < -0.4 is 15.2 Å². The Morgan fingerprint density at radius 3 is 2.91 bits per heavy atom. The fourth-order valence-corrected chi connectivity index (χ4v) is 1.54. The van der Waals surface area contributed by atoms with Gasteiger partial charge >= 0.3 is 0 Å². The Hall–Kier alpha value is -1.11. The molecule has 0 bridgehead atoms. The molecular weight excluding hydrogens is 134 g/mol. The molecular formula is C10H12N+. The number of hydrogen-bond acceptors (Lipinski definition) is 0. The molecule has 0 amide bonds. The molecule has 0 aliphatic carbocycles. The molecule has 1 aliphatic rings. The lowest BCUT2D eigenvalue weighted by Gasteiger charge is -1.99. The Kier molecular flexibility index (Phi) is 1.50. The summed E-state index contributed by atoms with van der Waals surface area (Å²) in [6.07, 6.45) is 3.48. The summed E-state index contributed by atoms with van der Waals surface area (Å²) in [5.41, 5.74) is 0. The molecule has 1 aliphatic heterocycles. The zero-order valence-electron chi connectivity index (χ0n) is 6.75. The SMILES string of the molecule is C[N+]1=c2ccccc2=CCC1. The van der Waals surface area contributed by atoms with E-state index in [4.69, 9.17) is 0 Å². The van der Waals surface area contributed by atoms with E-state index < -0.39 is 0 Å². The smallest absolute Gasteiger partial charge is 0.206 e. The molecule has 11 heavy (non-hydrogen) atoms. The summed E-state index contributed by atoms with van der Waals surface area (Å²) in [5.74, 6) is 0. The quantitative estimate of drug-likeness (QED) is 0.453. The number of fused-ring (bicyclic) bond motifs is 1. The van der Waals surface area contributed by atoms with E-state index in [0.29, 0.717) is 0 Å². The molecule has 1 heterocycles. The second-order valence-electron chi connectivity index (χ2n) is 2.97. The van der Waals surface area contributed by atoms with Gasteiger partial charge in [0.25, 0.3) is 0 Å². The predicted octanol–water partition coefficient (Wildman–Crippen LogP) is -0.00830. The van der Waals surface area contributed by atoms with Crippen molar-refractivity contribution in [3.63, 3.8) is 0 Å². The van der Waals surface area contributed by atoms with Crippen molar-refractivity contribution in [3.05, 3.63) is 34.8 Å². The van der Waals surface area contributed by atoms with Crippen molar-refractivity contribution in [1.29, 1.82) is 0 Å². The number of rotatable bonds is 0. The molecule has 56 valence electrons. The van der Waals surface area contributed by atoms with Gasteiger partial charge in [-0.3, -0.25) is 0 Å². The van der Waals surface area contributed by atoms with Gasteiger partial charge in [-0.2, -0.15) is 0 Å². The summed E-state index contributed by atoms with van der Waals surface area (Å²) >= 11 is 0. The van der Waals surface area contributed by atoms with Crippen LogP contribution in [0.1, 0.15) is 6.42 Å². The number of benzene rings is 1. The van der Waals surface area contributed by atoms with Crippen molar-refractivity contribution in [2.24, 2.45) is 0 Å². The number of nitrogens with zero attached hydrogens (tertiary/aromatic N) is 1. The molecule has 0 N–H and O–H groups in total. The summed E-state index contributed by atoms with van der Waals surface area (Å²) in [6, 6.07) is 8.53. The molecule has 0 spiro atoms. The molecule has 1 heteroatoms. The Morgan fingerprint density at radius 1 is 1.27 bits per heavy atom. The van der Waals surface area contributed by atoms with Crippen LogP contribution in [0.5, 0.6) is 0 Å². The molecule has 1 aromatic rings. The third-order valence-electron chi connectivity index (χ3n) is 2.18. The first-order chi connectivity index (χ1) is 5.38. The molecule has 1 nitrogen and oxygen atoms in total. The van der Waals surface area contributed by atoms with E-state index in [9.17, 15) is 0 Å². The minimum absolute atomic E-state index is 1.15. The van der Waals surface area contributed by atoms with E-state index in [1.165, 1.54) is 17.0 Å². The minimum Gasteiger partial charge on any atom is -0.232 e. The van der Waals surface area contributed by atoms with E-state index in [1.54, 1.807) is 0 Å². The van der Waals surface area contributed by atoms with Gasteiger partial charge in [-0.1, -0.05) is 18.2 Å². The van der Waals surface area contributed by atoms with Gasteiger partial charge in [-0.15, -0.1) is 0 Å². The highest BCUT2D eigenvalue weighted by Gasteiger charge is 2.03. The van der Waals surface area contributed by atoms with Crippen LogP contribution in [-0.2, 0) is 0 Å². The Balaban J connectivity index is 2.89. The second-order valence-corrected chi connectivity index (χ2v) is 2.97. The first-order valence-electron chi connectivity index (χ1n) is 4.01. The number of para-hydroxylation sites is 1. The lowest BCUT2D eigenvalue weighted by Crippen LogP contribution is -2.40. The largest absolute Gasteiger partial charge is 0.232 e. The molecule has 0 radical (unpaired) electrons. The molecule has 2 rings (SSSR count). The highest BCUT2D eigenvalue weighted by atomic mass is 15.0. The Morgan fingerprint density at radius 2 is 2.09 bits per heavy atom. The first-order valence-corrected chi connectivity index (χ1v) is 4.01. The lowest BCUT2D eigenvalue weighted by atomic mass is 10.2. The third kappa shape index (κ3) is 1.07. The van der Waals surface area contributed by atoms with Gasteiger partial charge < -0.3 is 0 Å². The van der Waals surface area contributed by atoms with Crippen LogP contribution in [0.15, 0.2) is 24.3 Å². The maximum absolute atomic E-state index is 2.30. The molecule has 0 atom stereocenters. The molecule has 0 saturated carbocycles. The number of hydrogen-bond donors (Lipinski definition) is 0. The minimum atomic E-state index is 1.15. The van der Waals surface area contributed by atoms with Gasteiger partial charge in [0.15, 0.2) is 0 Å². The normalized spacial score (nSPS) is 15.5. The lowest BCUT2D eigenvalue weighted by molar-refractivity contribution is 0.666. The highest BCUT2D eigenvalue weighted by molar-refractivity contribution is 5.25. The van der Waals surface area contributed by atoms with Crippen molar-refractivity contribution in [2.75, 3.05) is 13.6 Å². The molecule has 0 saturated heterocycles. The van der Waals surface area contributed by atoms with Gasteiger partial charge in [0.1, 0.15) is 13.6 Å². The Labute approximate surface area is 66.3 Å². The zero-order chi connectivity index (χ0) is 7.68. The maximum Gasteiger partial charge on any atom is 0.206 e. The van der Waals surface area contributed by atoms with Crippen LogP contribution in [0.25, 0.3) is 6.08 Å². The molecule has 0 unspecified atom stereocenters. The van der Waals surface area contributed by atoms with Crippen molar-refractivity contribution < 1.29 is 0 Å². The van der Waals surface area contributed by atoms with Crippen LogP contribution >= 0.6 is 0 Å². The fourth-order valence-electron chi connectivity index (χ4n) is 1.54. The van der Waals surface area contributed by atoms with Gasteiger partial charge in [0.2, 0.25) is 5.36 Å². The van der Waals surface area contributed by atoms with E-state index in [1.807, 2.05) is 0 Å². The van der Waals surface area contributed by atoms with Crippen molar-refractivity contribution in [3.8, 4) is 0 Å². The summed E-state index contributed by atoms with van der Waals surface area (Å²) in [6.45, 7) is 1.15. The Bertz CT molecular complexity index is 376. The van der Waals surface area contributed by atoms with Gasteiger partial charge in [-0.05, 0) is 6.07 Å². The van der Waals surface area contributed by atoms with Gasteiger partial charge in [0.05, 0.1) is 0 Å². The van der Waals surface area contributed by atoms with Gasteiger partial charge in [0, 0.05) is 17.7 Å². The van der Waals surface area contributed by atoms with E-state index in [2.05, 4.69) is 42.0 Å². The van der Waals surface area contributed by atoms with Crippen molar-refractivity contribution >= 4 is 6.08 Å². The van der Waals surface area contributed by atoms with Crippen LogP contribution in [0.4, 0.5) is 0 Å². The highest BCUT2D eigenvalue weighted by Crippen LogP contribution is 1.83. The predicted molar refractivity (Wildman–Crippen MR) is 46.8 cm³/mol. The standard InChI is InChI=1S/C10H12N/c1-11-8-4-6-9-5-2-3-7-10(9)11/h2-3,5-7H,4,8H2,1H3/q+1. The maximum atomic E-state index is 2.30. The van der Waals surface area contributed by atoms with Crippen molar-refractivity contribution in [1.82, 2.24) is 4.58 Å². The van der Waals surface area contributed by atoms with Crippen LogP contribution in [-0.4, -0.2) is 13.6 Å². The van der Waals surface area contributed by atoms with E-state index in [0.717, 1.165) is 6.54 Å². The van der Waals surface area contributed by atoms with Crippen molar-refractivity contribution in [2.45, 2.75) is 6.42 Å². The second kappa shape index (κ2) is 2.50. The third-order valence-corrected chi connectivity index (χ3v) is 2.18. The van der Waals surface area contributed by atoms with Crippen LogP contribution in [0.3, 0.4) is 0 Å². The monoisotopic (exact) mass is 146 g/mol. The van der Waals surface area contributed by atoms with E-state index >= 15 is 0 Å². The van der Waals surface area contributed by atoms with Crippen LogP contribution in [0, 0.1) is 0 Å². The first kappa shape index (κ1) is 6.59. The topological polar surface area (TPSA) is 3.01 Å². The average molecular weight is 146 g/mol. The van der Waals surface area contributed by atoms with Crippen LogP contribution in [0.2, 0.25) is 0 Å². The molecule has 0 fully saturated rings. The molecule has 0 aromatic heterocycles. The average Bonchev–Trinajstić information content (AvgIpc) is 2.06. The summed E-state index contributed by atoms with van der Waals surface area (Å²) < 4.78 is 2.30. The molecule has 1 aromatic carbocycles.